The van der Waals surface area contributed by atoms with Gasteiger partial charge in [0.05, 0.1) is 11.5 Å². The van der Waals surface area contributed by atoms with Crippen molar-refractivity contribution in [2.75, 3.05) is 32.8 Å². The van der Waals surface area contributed by atoms with E-state index in [1.54, 1.807) is 15.9 Å². The molecule has 33 heavy (non-hydrogen) atoms. The first kappa shape index (κ1) is 25.4. The van der Waals surface area contributed by atoms with Crippen LogP contribution in [0.15, 0.2) is 25.3 Å². The summed E-state index contributed by atoms with van der Waals surface area (Å²) >= 11 is 0. The van der Waals surface area contributed by atoms with Crippen LogP contribution in [0.5, 0.6) is 0 Å². The van der Waals surface area contributed by atoms with Gasteiger partial charge in [-0.1, -0.05) is 39.0 Å². The second-order valence-electron chi connectivity index (χ2n) is 9.29. The second-order valence-corrected chi connectivity index (χ2v) is 9.29. The zero-order valence-electron chi connectivity index (χ0n) is 20.0. The Hall–Kier alpha value is -2.19. The first-order valence-electron chi connectivity index (χ1n) is 12.2. The number of hydrogen-bond donors (Lipinski definition) is 1. The molecule has 2 bridgehead atoms. The summed E-state index contributed by atoms with van der Waals surface area (Å²) in [5.74, 6) is -2.44. The number of unbranched alkanes of at least 4 members (excludes halogenated alkanes) is 1. The molecule has 0 saturated carbocycles. The molecule has 0 aromatic rings. The maximum atomic E-state index is 13.9. The van der Waals surface area contributed by atoms with Crippen LogP contribution < -0.4 is 0 Å². The number of aliphatic hydroxyl groups is 1. The molecule has 1 N–H and O–H groups in total. The Labute approximate surface area is 196 Å². The van der Waals surface area contributed by atoms with E-state index >= 15 is 0 Å². The van der Waals surface area contributed by atoms with Crippen molar-refractivity contribution in [3.63, 3.8) is 0 Å². The fourth-order valence-electron chi connectivity index (χ4n) is 6.04. The normalized spacial score (nSPS) is 32.0. The van der Waals surface area contributed by atoms with Crippen LogP contribution in [0.25, 0.3) is 0 Å². The number of carbonyl (C=O) groups is 3. The first-order valence-corrected chi connectivity index (χ1v) is 12.2. The average molecular weight is 463 g/mol. The van der Waals surface area contributed by atoms with Gasteiger partial charge < -0.3 is 24.4 Å². The number of nitrogens with zero attached hydrogens (tertiary/aromatic N) is 2. The van der Waals surface area contributed by atoms with Gasteiger partial charge in [0, 0.05) is 26.2 Å². The summed E-state index contributed by atoms with van der Waals surface area (Å²) in [6.07, 6.45) is 6.97. The van der Waals surface area contributed by atoms with Crippen LogP contribution in [0.2, 0.25) is 0 Å². The molecule has 0 aliphatic carbocycles. The van der Waals surface area contributed by atoms with Crippen molar-refractivity contribution in [1.82, 2.24) is 9.80 Å². The fraction of sp³-hybridized carbons (Fsp3) is 0.720. The van der Waals surface area contributed by atoms with Gasteiger partial charge in [-0.3, -0.25) is 14.4 Å². The quantitative estimate of drug-likeness (QED) is 0.333. The molecule has 0 aromatic heterocycles. The highest BCUT2D eigenvalue weighted by molar-refractivity contribution is 5.98. The van der Waals surface area contributed by atoms with Crippen molar-refractivity contribution in [3.8, 4) is 0 Å². The predicted molar refractivity (Wildman–Crippen MR) is 123 cm³/mol. The SMILES string of the molecule is C=CCOC(=O)[C@@H]1[C@H]2C(=O)N(CCCO)C(C(=O)N(CC=C)CCCC)C23CC[C@@]1(CC)O3. The summed E-state index contributed by atoms with van der Waals surface area (Å²) in [6, 6.07) is -0.830. The number of aliphatic hydroxyl groups excluding tert-OH is 1. The van der Waals surface area contributed by atoms with E-state index in [2.05, 4.69) is 20.1 Å². The van der Waals surface area contributed by atoms with Gasteiger partial charge in [0.15, 0.2) is 0 Å². The van der Waals surface area contributed by atoms with Crippen molar-refractivity contribution in [3.05, 3.63) is 25.3 Å². The molecule has 184 valence electrons. The minimum Gasteiger partial charge on any atom is -0.461 e. The lowest BCUT2D eigenvalue weighted by Crippen LogP contribution is -2.56. The zero-order valence-corrected chi connectivity index (χ0v) is 20.0. The van der Waals surface area contributed by atoms with Gasteiger partial charge >= 0.3 is 5.97 Å². The fourth-order valence-corrected chi connectivity index (χ4v) is 6.04. The highest BCUT2D eigenvalue weighted by Gasteiger charge is 2.79. The number of esters is 1. The number of ether oxygens (including phenoxy) is 2. The van der Waals surface area contributed by atoms with Crippen molar-refractivity contribution >= 4 is 17.8 Å². The highest BCUT2D eigenvalue weighted by Crippen LogP contribution is 2.64. The van der Waals surface area contributed by atoms with E-state index in [1.165, 1.54) is 6.08 Å². The Balaban J connectivity index is 2.04. The van der Waals surface area contributed by atoms with Crippen LogP contribution in [0.3, 0.4) is 0 Å². The average Bonchev–Trinajstić information content (AvgIpc) is 3.42. The summed E-state index contributed by atoms with van der Waals surface area (Å²) < 4.78 is 12.1. The van der Waals surface area contributed by atoms with Gasteiger partial charge in [-0.25, -0.2) is 0 Å². The van der Waals surface area contributed by atoms with Gasteiger partial charge in [0.1, 0.15) is 24.2 Å². The van der Waals surface area contributed by atoms with Crippen molar-refractivity contribution in [1.29, 1.82) is 0 Å². The Morgan fingerprint density at radius 3 is 2.64 bits per heavy atom. The minimum atomic E-state index is -1.07. The summed E-state index contributed by atoms with van der Waals surface area (Å²) in [5, 5.41) is 9.43. The minimum absolute atomic E-state index is 0.0593. The van der Waals surface area contributed by atoms with E-state index in [9.17, 15) is 19.5 Å². The van der Waals surface area contributed by atoms with Crippen molar-refractivity contribution < 1.29 is 29.0 Å². The number of rotatable bonds is 13. The lowest BCUT2D eigenvalue weighted by molar-refractivity contribution is -0.161. The van der Waals surface area contributed by atoms with Crippen LogP contribution in [0, 0.1) is 11.8 Å². The third-order valence-electron chi connectivity index (χ3n) is 7.51. The lowest BCUT2D eigenvalue weighted by atomic mass is 9.65. The molecule has 2 amide bonds. The third kappa shape index (κ3) is 4.12. The highest BCUT2D eigenvalue weighted by atomic mass is 16.6. The number of hydrogen-bond acceptors (Lipinski definition) is 6. The molecule has 3 saturated heterocycles. The molecular formula is C25H38N2O6. The van der Waals surface area contributed by atoms with E-state index in [1.807, 2.05) is 6.92 Å². The smallest absolute Gasteiger partial charge is 0.313 e. The Morgan fingerprint density at radius 2 is 2.03 bits per heavy atom. The molecule has 3 aliphatic rings. The molecule has 3 rings (SSSR count). The number of fused-ring (bicyclic) bond motifs is 1. The first-order chi connectivity index (χ1) is 15.9. The standard InChI is InChI=1S/C25H38N2O6/c1-5-9-14-26(13-6-2)22(30)20-25-12-11-24(8-4,33-25)19(23(31)32-17-7-3)18(25)21(29)27(20)15-10-16-28/h6-7,18-20,28H,2-3,5,8-17H2,1,4H3/t18-,19-,20?,24+,25?/m0/s1. The van der Waals surface area contributed by atoms with Gasteiger partial charge in [-0.05, 0) is 32.1 Å². The predicted octanol–water partition coefficient (Wildman–Crippen LogP) is 2.07. The van der Waals surface area contributed by atoms with Crippen LogP contribution in [0.4, 0.5) is 0 Å². The molecule has 3 heterocycles. The summed E-state index contributed by atoms with van der Waals surface area (Å²) in [5.41, 5.74) is -1.88. The third-order valence-corrected chi connectivity index (χ3v) is 7.51. The largest absolute Gasteiger partial charge is 0.461 e. The van der Waals surface area contributed by atoms with Gasteiger partial charge in [-0.15, -0.1) is 6.58 Å². The molecule has 8 nitrogen and oxygen atoms in total. The van der Waals surface area contributed by atoms with Gasteiger partial charge in [0.25, 0.3) is 0 Å². The van der Waals surface area contributed by atoms with Gasteiger partial charge in [-0.2, -0.15) is 0 Å². The summed E-state index contributed by atoms with van der Waals surface area (Å²) in [7, 11) is 0. The molecule has 0 radical (unpaired) electrons. The second kappa shape index (κ2) is 10.4. The molecule has 0 aromatic carbocycles. The monoisotopic (exact) mass is 462 g/mol. The topological polar surface area (TPSA) is 96.4 Å². The number of likely N-dealkylation sites (tertiary alicyclic amines) is 1. The maximum Gasteiger partial charge on any atom is 0.313 e. The Bertz CT molecular complexity index is 785. The molecule has 3 fully saturated rings. The van der Waals surface area contributed by atoms with E-state index in [-0.39, 0.29) is 31.6 Å². The van der Waals surface area contributed by atoms with E-state index in [0.717, 1.165) is 12.8 Å². The van der Waals surface area contributed by atoms with E-state index in [4.69, 9.17) is 9.47 Å². The van der Waals surface area contributed by atoms with Crippen molar-refractivity contribution in [2.45, 2.75) is 69.6 Å². The maximum absolute atomic E-state index is 13.9. The van der Waals surface area contributed by atoms with Crippen LogP contribution in [-0.2, 0) is 23.9 Å². The van der Waals surface area contributed by atoms with Crippen LogP contribution in [-0.4, -0.2) is 82.8 Å². The molecular weight excluding hydrogens is 424 g/mol. The Kier molecular flexibility index (Phi) is 8.00. The molecule has 8 heteroatoms. The van der Waals surface area contributed by atoms with Gasteiger partial charge in [0.2, 0.25) is 11.8 Å². The van der Waals surface area contributed by atoms with E-state index in [0.29, 0.717) is 38.8 Å². The molecule has 5 atom stereocenters. The molecule has 1 spiro atoms. The molecule has 2 unspecified atom stereocenters. The summed E-state index contributed by atoms with van der Waals surface area (Å²) in [6.45, 7) is 12.5. The lowest BCUT2D eigenvalue weighted by Gasteiger charge is -2.37. The zero-order chi connectivity index (χ0) is 24.2. The molecule has 3 aliphatic heterocycles. The summed E-state index contributed by atoms with van der Waals surface area (Å²) in [4.78, 5) is 44.1. The number of carbonyl (C=O) groups excluding carboxylic acids is 3. The number of amides is 2. The van der Waals surface area contributed by atoms with E-state index < -0.39 is 35.0 Å². The Morgan fingerprint density at radius 1 is 1.27 bits per heavy atom. The van der Waals surface area contributed by atoms with Crippen LogP contribution >= 0.6 is 0 Å². The van der Waals surface area contributed by atoms with Crippen LogP contribution in [0.1, 0.15) is 52.4 Å². The van der Waals surface area contributed by atoms with Crippen molar-refractivity contribution in [2.24, 2.45) is 11.8 Å².